The first-order valence-electron chi connectivity index (χ1n) is 7.93. The second kappa shape index (κ2) is 7.86. The van der Waals surface area contributed by atoms with E-state index in [1.165, 1.54) is 12.1 Å². The molecule has 0 amide bonds. The summed E-state index contributed by atoms with van der Waals surface area (Å²) in [7, 11) is 0. The number of hydrogen-bond donors (Lipinski definition) is 2. The van der Waals surface area contributed by atoms with Crippen LogP contribution >= 0.6 is 0 Å². The largest absolute Gasteiger partial charge is 0.391 e. The van der Waals surface area contributed by atoms with Crippen LogP contribution in [0.3, 0.4) is 0 Å². The van der Waals surface area contributed by atoms with E-state index in [1.807, 2.05) is 36.5 Å². The van der Waals surface area contributed by atoms with Crippen molar-refractivity contribution in [2.75, 3.05) is 6.54 Å². The molecule has 0 aliphatic heterocycles. The molecular formula is C19H20FN3O. The monoisotopic (exact) mass is 325 g/mol. The SMILES string of the molecule is OC(CNCc1cnn(-c2ccc(F)cc2)c1)Cc1ccccc1. The number of nitrogens with zero attached hydrogens (tertiary/aromatic N) is 2. The maximum Gasteiger partial charge on any atom is 0.123 e. The fourth-order valence-corrected chi connectivity index (χ4v) is 2.53. The Morgan fingerprint density at radius 2 is 1.79 bits per heavy atom. The van der Waals surface area contributed by atoms with Crippen LogP contribution in [0, 0.1) is 5.82 Å². The van der Waals surface area contributed by atoms with Gasteiger partial charge < -0.3 is 10.4 Å². The van der Waals surface area contributed by atoms with Gasteiger partial charge >= 0.3 is 0 Å². The second-order valence-corrected chi connectivity index (χ2v) is 5.74. The average Bonchev–Trinajstić information content (AvgIpc) is 3.05. The molecule has 24 heavy (non-hydrogen) atoms. The zero-order valence-corrected chi connectivity index (χ0v) is 13.3. The Morgan fingerprint density at radius 1 is 1.04 bits per heavy atom. The third-order valence-electron chi connectivity index (χ3n) is 3.75. The van der Waals surface area contributed by atoms with Crippen molar-refractivity contribution in [2.45, 2.75) is 19.1 Å². The van der Waals surface area contributed by atoms with Crippen LogP contribution in [-0.4, -0.2) is 27.5 Å². The first-order valence-corrected chi connectivity index (χ1v) is 7.93. The summed E-state index contributed by atoms with van der Waals surface area (Å²) in [5.41, 5.74) is 2.94. The molecule has 2 N–H and O–H groups in total. The van der Waals surface area contributed by atoms with Gasteiger partial charge in [0.2, 0.25) is 0 Å². The van der Waals surface area contributed by atoms with Crippen LogP contribution in [-0.2, 0) is 13.0 Å². The van der Waals surface area contributed by atoms with Crippen LogP contribution in [0.1, 0.15) is 11.1 Å². The van der Waals surface area contributed by atoms with Gasteiger partial charge in [-0.1, -0.05) is 30.3 Å². The van der Waals surface area contributed by atoms with Gasteiger partial charge in [-0.25, -0.2) is 9.07 Å². The van der Waals surface area contributed by atoms with E-state index in [0.29, 0.717) is 19.5 Å². The Morgan fingerprint density at radius 3 is 2.54 bits per heavy atom. The quantitative estimate of drug-likeness (QED) is 0.702. The van der Waals surface area contributed by atoms with Crippen molar-refractivity contribution in [1.29, 1.82) is 0 Å². The van der Waals surface area contributed by atoms with Gasteiger partial charge in [0.15, 0.2) is 0 Å². The first-order chi connectivity index (χ1) is 11.7. The summed E-state index contributed by atoms with van der Waals surface area (Å²) in [6, 6.07) is 16.1. The van der Waals surface area contributed by atoms with Crippen molar-refractivity contribution in [2.24, 2.45) is 0 Å². The van der Waals surface area contributed by atoms with Gasteiger partial charge in [-0.05, 0) is 36.2 Å². The van der Waals surface area contributed by atoms with Crippen LogP contribution in [0.5, 0.6) is 0 Å². The number of rotatable bonds is 7. The molecule has 0 saturated carbocycles. The van der Waals surface area contributed by atoms with E-state index in [1.54, 1.807) is 23.0 Å². The Balaban J connectivity index is 1.48. The molecule has 1 unspecified atom stereocenters. The topological polar surface area (TPSA) is 50.1 Å². The van der Waals surface area contributed by atoms with Gasteiger partial charge in [0.25, 0.3) is 0 Å². The van der Waals surface area contributed by atoms with Crippen molar-refractivity contribution in [3.63, 3.8) is 0 Å². The van der Waals surface area contributed by atoms with E-state index in [9.17, 15) is 9.50 Å². The molecule has 0 spiro atoms. The number of aliphatic hydroxyl groups is 1. The van der Waals surface area contributed by atoms with E-state index in [2.05, 4.69) is 10.4 Å². The lowest BCUT2D eigenvalue weighted by molar-refractivity contribution is 0.171. The summed E-state index contributed by atoms with van der Waals surface area (Å²) < 4.78 is 14.6. The van der Waals surface area contributed by atoms with E-state index in [-0.39, 0.29) is 5.82 Å². The number of nitrogens with one attached hydrogen (secondary N) is 1. The first kappa shape index (κ1) is 16.4. The van der Waals surface area contributed by atoms with Crippen molar-refractivity contribution < 1.29 is 9.50 Å². The molecule has 0 aliphatic rings. The summed E-state index contributed by atoms with van der Waals surface area (Å²) in [5, 5.41) is 17.6. The number of aliphatic hydroxyl groups excluding tert-OH is 1. The van der Waals surface area contributed by atoms with Crippen molar-refractivity contribution in [3.8, 4) is 5.69 Å². The minimum Gasteiger partial charge on any atom is -0.391 e. The van der Waals surface area contributed by atoms with Crippen LogP contribution in [0.25, 0.3) is 5.69 Å². The Labute approximate surface area is 140 Å². The lowest BCUT2D eigenvalue weighted by Crippen LogP contribution is -2.27. The minimum atomic E-state index is -0.431. The number of hydrogen-bond acceptors (Lipinski definition) is 3. The predicted octanol–water partition coefficient (Wildman–Crippen LogP) is 2.70. The summed E-state index contributed by atoms with van der Waals surface area (Å²) in [6.45, 7) is 1.13. The van der Waals surface area contributed by atoms with Crippen molar-refractivity contribution >= 4 is 0 Å². The predicted molar refractivity (Wildman–Crippen MR) is 91.4 cm³/mol. The maximum atomic E-state index is 12.9. The second-order valence-electron chi connectivity index (χ2n) is 5.74. The molecule has 2 aromatic carbocycles. The number of aromatic nitrogens is 2. The van der Waals surface area contributed by atoms with Crippen molar-refractivity contribution in [3.05, 3.63) is 83.9 Å². The van der Waals surface area contributed by atoms with Gasteiger partial charge in [0.1, 0.15) is 5.82 Å². The van der Waals surface area contributed by atoms with Crippen molar-refractivity contribution in [1.82, 2.24) is 15.1 Å². The molecule has 3 rings (SSSR count). The lowest BCUT2D eigenvalue weighted by atomic mass is 10.1. The molecule has 1 aromatic heterocycles. The Hall–Kier alpha value is -2.50. The van der Waals surface area contributed by atoms with Gasteiger partial charge in [0.05, 0.1) is 18.0 Å². The summed E-state index contributed by atoms with van der Waals surface area (Å²) in [5.74, 6) is -0.264. The van der Waals surface area contributed by atoms with E-state index >= 15 is 0 Å². The standard InChI is InChI=1S/C19H20FN3O/c20-17-6-8-18(9-7-17)23-14-16(12-22-23)11-21-13-19(24)10-15-4-2-1-3-5-15/h1-9,12,14,19,21,24H,10-11,13H2. The fourth-order valence-electron chi connectivity index (χ4n) is 2.53. The van der Waals surface area contributed by atoms with Gasteiger partial charge in [0, 0.05) is 24.8 Å². The van der Waals surface area contributed by atoms with Gasteiger partial charge in [-0.15, -0.1) is 0 Å². The maximum absolute atomic E-state index is 12.9. The average molecular weight is 325 g/mol. The highest BCUT2D eigenvalue weighted by Gasteiger charge is 2.06. The summed E-state index contributed by atoms with van der Waals surface area (Å²) in [4.78, 5) is 0. The molecular weight excluding hydrogens is 305 g/mol. The Kier molecular flexibility index (Phi) is 5.36. The molecule has 0 aliphatic carbocycles. The highest BCUT2D eigenvalue weighted by Crippen LogP contribution is 2.09. The molecule has 0 bridgehead atoms. The zero-order chi connectivity index (χ0) is 16.8. The minimum absolute atomic E-state index is 0.264. The molecule has 4 nitrogen and oxygen atoms in total. The number of halogens is 1. The van der Waals surface area contributed by atoms with Crippen LogP contribution in [0.15, 0.2) is 67.0 Å². The van der Waals surface area contributed by atoms with Gasteiger partial charge in [-0.3, -0.25) is 0 Å². The van der Waals surface area contributed by atoms with E-state index in [0.717, 1.165) is 16.8 Å². The highest BCUT2D eigenvalue weighted by atomic mass is 19.1. The zero-order valence-electron chi connectivity index (χ0n) is 13.3. The van der Waals surface area contributed by atoms with Crippen LogP contribution in [0.4, 0.5) is 4.39 Å². The molecule has 5 heteroatoms. The third kappa shape index (κ3) is 4.50. The smallest absolute Gasteiger partial charge is 0.123 e. The molecule has 0 saturated heterocycles. The lowest BCUT2D eigenvalue weighted by Gasteiger charge is -2.11. The highest BCUT2D eigenvalue weighted by molar-refractivity contribution is 5.31. The molecule has 1 atom stereocenters. The molecule has 1 heterocycles. The molecule has 3 aromatic rings. The fraction of sp³-hybridized carbons (Fsp3) is 0.211. The van der Waals surface area contributed by atoms with E-state index in [4.69, 9.17) is 0 Å². The molecule has 0 fully saturated rings. The summed E-state index contributed by atoms with van der Waals surface area (Å²) in [6.07, 6.45) is 3.85. The van der Waals surface area contributed by atoms with Crippen LogP contribution in [0.2, 0.25) is 0 Å². The molecule has 0 radical (unpaired) electrons. The number of benzene rings is 2. The summed E-state index contributed by atoms with van der Waals surface area (Å²) >= 11 is 0. The van der Waals surface area contributed by atoms with E-state index < -0.39 is 6.10 Å². The van der Waals surface area contributed by atoms with Crippen LogP contribution < -0.4 is 5.32 Å². The third-order valence-corrected chi connectivity index (χ3v) is 3.75. The Bertz CT molecular complexity index is 756. The van der Waals surface area contributed by atoms with Gasteiger partial charge in [-0.2, -0.15) is 5.10 Å². The molecule has 124 valence electrons. The normalized spacial score (nSPS) is 12.2.